The van der Waals surface area contributed by atoms with Crippen molar-refractivity contribution in [1.82, 2.24) is 9.13 Å². The molecule has 2 N–H and O–H groups in total. The summed E-state index contributed by atoms with van der Waals surface area (Å²) < 4.78 is 4.18. The van der Waals surface area contributed by atoms with Crippen molar-refractivity contribution in [3.8, 4) is 0 Å². The fraction of sp³-hybridized carbons (Fsp3) is 0.308. The van der Waals surface area contributed by atoms with Crippen LogP contribution in [-0.2, 0) is 34.5 Å². The van der Waals surface area contributed by atoms with Gasteiger partial charge >= 0.3 is 0 Å². The number of hydrogen-bond acceptors (Lipinski definition) is 6. The quantitative estimate of drug-likeness (QED) is 0.166. The Labute approximate surface area is 352 Å². The molecule has 4 heterocycles. The number of ketones is 2. The average Bonchev–Trinajstić information content (AvgIpc) is 3.76. The lowest BCUT2D eigenvalue weighted by Crippen LogP contribution is -2.29. The second-order valence-corrected chi connectivity index (χ2v) is 18.2. The minimum atomic E-state index is -0.486. The number of benzene rings is 3. The van der Waals surface area contributed by atoms with Gasteiger partial charge in [0.15, 0.2) is 0 Å². The lowest BCUT2D eigenvalue weighted by molar-refractivity contribution is -0.114. The Morgan fingerprint density at radius 1 is 0.567 bits per heavy atom. The molecular weight excluding hydrogens is 745 g/mol. The summed E-state index contributed by atoms with van der Waals surface area (Å²) in [5, 5.41) is 25.2. The first-order chi connectivity index (χ1) is 28.3. The fourth-order valence-electron chi connectivity index (χ4n) is 10.3. The van der Waals surface area contributed by atoms with Crippen LogP contribution in [0.25, 0.3) is 34.0 Å². The van der Waals surface area contributed by atoms with Crippen LogP contribution in [0.2, 0.25) is 0 Å². The number of allylic oxidation sites excluding steroid dienone is 8. The number of Topliss-reactive ketones (excluding diaryl/α,β-unsaturated/α-hetero) is 2. The number of aryl methyl sites for hydroxylation is 6. The van der Waals surface area contributed by atoms with Crippen LogP contribution in [-0.4, -0.2) is 44.0 Å². The van der Waals surface area contributed by atoms with E-state index in [4.69, 9.17) is 0 Å². The van der Waals surface area contributed by atoms with E-state index < -0.39 is 10.8 Å². The SMILES string of the molecule is CCN1C(=CC2=C(O)C(=Cc3c(C)c4ccc(C)cc4n3C)C2=O)C(C)(C)c2cc3c(cc21)N(CC)C(=CC1=C(O)C(=Cc2c(C)c4ccc(C)cc4n2C)C1=O)C3(C)C. The largest absolute Gasteiger partial charge is 0.506 e. The van der Waals surface area contributed by atoms with Crippen molar-refractivity contribution in [2.75, 3.05) is 22.9 Å². The number of hydrogen-bond donors (Lipinski definition) is 2. The summed E-state index contributed by atoms with van der Waals surface area (Å²) in [6.45, 7) is 22.5. The lowest BCUT2D eigenvalue weighted by Gasteiger charge is -2.29. The molecule has 0 fully saturated rings. The maximum atomic E-state index is 13.8. The number of rotatable bonds is 6. The van der Waals surface area contributed by atoms with Gasteiger partial charge in [-0.3, -0.25) is 9.59 Å². The Morgan fingerprint density at radius 2 is 0.950 bits per heavy atom. The number of carbonyl (C=O) groups excluding carboxylic acids is 2. The highest BCUT2D eigenvalue weighted by atomic mass is 16.3. The van der Waals surface area contributed by atoms with Crippen LogP contribution >= 0.6 is 0 Å². The van der Waals surface area contributed by atoms with E-state index in [1.54, 1.807) is 0 Å². The third-order valence-corrected chi connectivity index (χ3v) is 14.0. The number of fused-ring (bicyclic) bond motifs is 4. The normalized spacial score (nSPS) is 20.9. The molecule has 5 aromatic rings. The van der Waals surface area contributed by atoms with Gasteiger partial charge in [0, 0.05) is 94.0 Å². The van der Waals surface area contributed by atoms with Gasteiger partial charge in [-0.25, -0.2) is 0 Å². The molecule has 0 spiro atoms. The highest BCUT2D eigenvalue weighted by molar-refractivity contribution is 6.24. The Morgan fingerprint density at radius 3 is 1.30 bits per heavy atom. The van der Waals surface area contributed by atoms with Crippen LogP contribution in [0.5, 0.6) is 0 Å². The predicted octanol–water partition coefficient (Wildman–Crippen LogP) is 10.9. The summed E-state index contributed by atoms with van der Waals surface area (Å²) in [6, 6.07) is 17.2. The molecule has 8 heteroatoms. The summed E-state index contributed by atoms with van der Waals surface area (Å²) in [5.74, 6) is -0.282. The van der Waals surface area contributed by atoms with E-state index in [1.165, 1.54) is 11.1 Å². The second-order valence-electron chi connectivity index (χ2n) is 18.2. The monoisotopic (exact) mass is 798 g/mol. The third kappa shape index (κ3) is 5.22. The lowest BCUT2D eigenvalue weighted by atomic mass is 9.76. The Balaban J connectivity index is 1.06. The number of aromatic nitrogens is 2. The molecule has 8 nitrogen and oxygen atoms in total. The molecular formula is C52H54N4O4. The minimum Gasteiger partial charge on any atom is -0.506 e. The van der Waals surface area contributed by atoms with Gasteiger partial charge in [-0.05, 0) is 123 Å². The molecule has 2 aliphatic heterocycles. The summed E-state index contributed by atoms with van der Waals surface area (Å²) >= 11 is 0. The van der Waals surface area contributed by atoms with E-state index in [-0.39, 0.29) is 23.1 Å². The highest BCUT2D eigenvalue weighted by Crippen LogP contribution is 2.56. The first-order valence-corrected chi connectivity index (χ1v) is 21.0. The van der Waals surface area contributed by atoms with Gasteiger partial charge in [0.2, 0.25) is 11.6 Å². The average molecular weight is 799 g/mol. The number of likely N-dealkylation sites (N-methyl/N-ethyl adjacent to an activating group) is 2. The van der Waals surface area contributed by atoms with Gasteiger partial charge in [0.05, 0.1) is 22.3 Å². The standard InChI is InChI=1S/C52H54N4O4/c1-13-55-43-26-44-38(25-37(43)51(7,8)45(55)23-35-47(57)33(48(35)58)21-39-29(5)31-17-15-27(3)19-41(31)53(39)11)52(9,10)46(56(44)14-2)24-36-49(59)34(50(36)60)22-40-30(6)32-18-16-28(4)20-42(32)54(40)12/h15-26,57,59H,13-14H2,1-12H3. The summed E-state index contributed by atoms with van der Waals surface area (Å²) in [7, 11) is 4.00. The van der Waals surface area contributed by atoms with Gasteiger partial charge in [-0.15, -0.1) is 0 Å². The molecule has 306 valence electrons. The zero-order valence-electron chi connectivity index (χ0n) is 36.8. The molecule has 0 radical (unpaired) electrons. The molecule has 60 heavy (non-hydrogen) atoms. The number of nitrogens with zero attached hydrogens (tertiary/aromatic N) is 4. The van der Waals surface area contributed by atoms with Crippen molar-refractivity contribution >= 4 is 56.9 Å². The molecule has 0 saturated heterocycles. The van der Waals surface area contributed by atoms with Crippen molar-refractivity contribution in [2.24, 2.45) is 14.1 Å². The number of aliphatic hydroxyl groups is 2. The molecule has 4 aliphatic rings. The Bertz CT molecular complexity index is 2820. The zero-order chi connectivity index (χ0) is 43.1. The topological polar surface area (TPSA) is 90.9 Å². The molecule has 2 aromatic heterocycles. The van der Waals surface area contributed by atoms with Crippen molar-refractivity contribution in [3.05, 3.63) is 151 Å². The summed E-state index contributed by atoms with van der Waals surface area (Å²) in [5.41, 5.74) is 15.1. The molecule has 0 unspecified atom stereocenters. The van der Waals surface area contributed by atoms with Crippen LogP contribution in [0.4, 0.5) is 11.4 Å². The van der Waals surface area contributed by atoms with Crippen LogP contribution in [0, 0.1) is 27.7 Å². The van der Waals surface area contributed by atoms with Crippen molar-refractivity contribution < 1.29 is 19.8 Å². The maximum absolute atomic E-state index is 13.8. The number of anilines is 2. The van der Waals surface area contributed by atoms with Gasteiger partial charge < -0.3 is 29.1 Å². The van der Waals surface area contributed by atoms with E-state index in [2.05, 4.69) is 137 Å². The zero-order valence-corrected chi connectivity index (χ0v) is 36.8. The Kier molecular flexibility index (Phi) is 8.56. The first kappa shape index (κ1) is 39.2. The second kappa shape index (κ2) is 13.1. The predicted molar refractivity (Wildman–Crippen MR) is 245 cm³/mol. The number of aliphatic hydroxyl groups excluding tert-OH is 2. The van der Waals surface area contributed by atoms with Crippen molar-refractivity contribution in [1.29, 1.82) is 0 Å². The highest BCUT2D eigenvalue weighted by Gasteiger charge is 2.47. The van der Waals surface area contributed by atoms with Crippen LogP contribution in [0.1, 0.15) is 86.3 Å². The van der Waals surface area contributed by atoms with E-state index in [0.717, 1.165) is 78.2 Å². The van der Waals surface area contributed by atoms with Gasteiger partial charge in [-0.2, -0.15) is 0 Å². The van der Waals surface area contributed by atoms with E-state index in [0.29, 0.717) is 35.4 Å². The Hall–Kier alpha value is -6.28. The molecule has 3 aromatic carbocycles. The molecule has 2 aliphatic carbocycles. The molecule has 0 amide bonds. The van der Waals surface area contributed by atoms with Crippen LogP contribution in [0.15, 0.2) is 106 Å². The van der Waals surface area contributed by atoms with Gasteiger partial charge in [0.25, 0.3) is 0 Å². The van der Waals surface area contributed by atoms with Crippen LogP contribution in [0.3, 0.4) is 0 Å². The van der Waals surface area contributed by atoms with Gasteiger partial charge in [-0.1, -0.05) is 52.0 Å². The molecule has 9 rings (SSSR count). The smallest absolute Gasteiger partial charge is 0.200 e. The van der Waals surface area contributed by atoms with Gasteiger partial charge in [0.1, 0.15) is 11.5 Å². The van der Waals surface area contributed by atoms with E-state index in [1.807, 2.05) is 38.4 Å². The third-order valence-electron chi connectivity index (χ3n) is 14.0. The maximum Gasteiger partial charge on any atom is 0.200 e. The molecule has 0 atom stereocenters. The van der Waals surface area contributed by atoms with Crippen LogP contribution < -0.4 is 9.80 Å². The minimum absolute atomic E-state index is 0.0233. The molecule has 0 saturated carbocycles. The first-order valence-electron chi connectivity index (χ1n) is 21.0. The van der Waals surface area contributed by atoms with Crippen molar-refractivity contribution in [3.63, 3.8) is 0 Å². The van der Waals surface area contributed by atoms with E-state index in [9.17, 15) is 19.8 Å². The van der Waals surface area contributed by atoms with Crippen molar-refractivity contribution in [2.45, 2.75) is 80.1 Å². The van der Waals surface area contributed by atoms with E-state index >= 15 is 0 Å². The molecule has 0 bridgehead atoms. The number of carbonyl (C=O) groups is 2. The fourth-order valence-corrected chi connectivity index (χ4v) is 10.3. The summed E-state index contributed by atoms with van der Waals surface area (Å²) in [6.07, 6.45) is 7.42. The summed E-state index contributed by atoms with van der Waals surface area (Å²) in [4.78, 5) is 32.2.